The van der Waals surface area contributed by atoms with Gasteiger partial charge < -0.3 is 21.1 Å². The number of nitriles is 1. The summed E-state index contributed by atoms with van der Waals surface area (Å²) >= 11 is 2.45. The van der Waals surface area contributed by atoms with Gasteiger partial charge in [0.05, 0.1) is 11.0 Å². The third-order valence-corrected chi connectivity index (χ3v) is 5.79. The highest BCUT2D eigenvalue weighted by Gasteiger charge is 2.30. The number of aromatic nitrogens is 3. The van der Waals surface area contributed by atoms with Crippen LogP contribution in [0.2, 0.25) is 0 Å². The minimum atomic E-state index is -0.859. The predicted molar refractivity (Wildman–Crippen MR) is 97.0 cm³/mol. The fraction of sp³-hybridized carbons (Fsp3) is 0.0625. The summed E-state index contributed by atoms with van der Waals surface area (Å²) in [5.41, 5.74) is 13.6. The number of carbonyl (C=O) groups is 1. The van der Waals surface area contributed by atoms with E-state index in [4.69, 9.17) is 11.5 Å². The second-order valence-corrected chi connectivity index (χ2v) is 7.34. The number of nitrogens with two attached hydrogens (primary N) is 2. The Bertz CT molecular complexity index is 1230. The number of hydrogen-bond acceptors (Lipinski definition) is 10. The number of nitrogens with zero attached hydrogens (tertiary/aromatic N) is 4. The zero-order chi connectivity index (χ0) is 19.3. The Kier molecular flexibility index (Phi) is 3.79. The molecule has 0 fully saturated rings. The van der Waals surface area contributed by atoms with Crippen LogP contribution in [0, 0.1) is 11.3 Å². The van der Waals surface area contributed by atoms with E-state index in [0.29, 0.717) is 15.8 Å². The Morgan fingerprint density at radius 3 is 2.81 bits per heavy atom. The number of ketones is 1. The number of hydrogen-bond donors (Lipinski definition) is 2. The van der Waals surface area contributed by atoms with E-state index >= 15 is 0 Å². The second kappa shape index (κ2) is 6.04. The minimum absolute atomic E-state index is 0.0477. The van der Waals surface area contributed by atoms with Crippen LogP contribution in [-0.2, 0) is 7.05 Å². The Balaban J connectivity index is 2.05. The van der Waals surface area contributed by atoms with Crippen LogP contribution in [0.3, 0.4) is 0 Å². The van der Waals surface area contributed by atoms with Crippen LogP contribution < -0.4 is 21.3 Å². The van der Waals surface area contributed by atoms with E-state index in [1.165, 1.54) is 18.4 Å². The molecule has 4 aromatic rings. The lowest BCUT2D eigenvalue weighted by Gasteiger charge is -2.07. The van der Waals surface area contributed by atoms with E-state index in [9.17, 15) is 15.2 Å². The van der Waals surface area contributed by atoms with E-state index in [0.717, 1.165) is 21.6 Å². The van der Waals surface area contributed by atoms with Crippen molar-refractivity contribution in [2.24, 2.45) is 7.05 Å². The fourth-order valence-electron chi connectivity index (χ4n) is 2.81. The number of thiophene rings is 2. The Morgan fingerprint density at radius 2 is 2.22 bits per heavy atom. The lowest BCUT2D eigenvalue weighted by atomic mass is 9.99. The van der Waals surface area contributed by atoms with Crippen molar-refractivity contribution in [2.45, 2.75) is 0 Å². The van der Waals surface area contributed by atoms with Crippen molar-refractivity contribution in [2.75, 3.05) is 11.5 Å². The smallest absolute Gasteiger partial charge is 0.305 e. The molecule has 0 saturated carbocycles. The molecule has 0 saturated heterocycles. The molecular formula is C16H10N6O3S2. The Morgan fingerprint density at radius 1 is 1.44 bits per heavy atom. The number of nitrogen functional groups attached to an aromatic ring is 2. The Hall–Kier alpha value is -3.49. The summed E-state index contributed by atoms with van der Waals surface area (Å²) in [5.74, 6) is -1.44. The van der Waals surface area contributed by atoms with E-state index in [1.54, 1.807) is 0 Å². The molecule has 134 valence electrons. The quantitative estimate of drug-likeness (QED) is 0.384. The molecule has 0 radical (unpaired) electrons. The zero-order valence-electron chi connectivity index (χ0n) is 13.7. The first-order valence-corrected chi connectivity index (χ1v) is 9.21. The van der Waals surface area contributed by atoms with Crippen LogP contribution in [0.25, 0.3) is 21.3 Å². The van der Waals surface area contributed by atoms with E-state index in [-0.39, 0.29) is 27.6 Å². The largest absolute Gasteiger partial charge is 0.539 e. The highest BCUT2D eigenvalue weighted by molar-refractivity contribution is 7.21. The van der Waals surface area contributed by atoms with Gasteiger partial charge in [0.25, 0.3) is 5.78 Å². The molecule has 9 nitrogen and oxygen atoms in total. The van der Waals surface area contributed by atoms with Gasteiger partial charge >= 0.3 is 5.69 Å². The first kappa shape index (κ1) is 17.0. The average Bonchev–Trinajstić information content (AvgIpc) is 3.34. The van der Waals surface area contributed by atoms with Crippen LogP contribution in [0.1, 0.15) is 20.9 Å². The fourth-order valence-corrected chi connectivity index (χ4v) is 4.51. The summed E-state index contributed by atoms with van der Waals surface area (Å²) in [6.45, 7) is 0. The van der Waals surface area contributed by atoms with Gasteiger partial charge in [-0.25, -0.2) is 4.98 Å². The van der Waals surface area contributed by atoms with Gasteiger partial charge in [0.1, 0.15) is 27.2 Å². The maximum atomic E-state index is 12.9. The first-order valence-electron chi connectivity index (χ1n) is 7.45. The highest BCUT2D eigenvalue weighted by Crippen LogP contribution is 2.43. The van der Waals surface area contributed by atoms with Gasteiger partial charge in [-0.1, -0.05) is 4.68 Å². The lowest BCUT2D eigenvalue weighted by Crippen LogP contribution is -2.37. The maximum Gasteiger partial charge on any atom is 0.305 e. The molecule has 4 rings (SSSR count). The molecule has 0 amide bonds. The molecule has 0 aliphatic carbocycles. The molecule has 0 atom stereocenters. The van der Waals surface area contributed by atoms with Crippen molar-refractivity contribution in [1.82, 2.24) is 10.3 Å². The molecule has 0 unspecified atom stereocenters. The monoisotopic (exact) mass is 398 g/mol. The van der Waals surface area contributed by atoms with Crippen molar-refractivity contribution >= 4 is 50.2 Å². The van der Waals surface area contributed by atoms with E-state index in [1.807, 2.05) is 16.8 Å². The summed E-state index contributed by atoms with van der Waals surface area (Å²) in [7, 11) is 1.42. The van der Waals surface area contributed by atoms with Gasteiger partial charge in [0, 0.05) is 10.9 Å². The standard InChI is InChI=1S/C16H10N6O3S2/c1-22-11(16(24)25-21-22)12(23)13-10(18)9-8(6-2-3-26-5-6)7(4-17)14(19)20-15(9)27-13/h2-3,5H,1H3,(H4-,18,19,20,21,23,24). The summed E-state index contributed by atoms with van der Waals surface area (Å²) in [5, 5.41) is 29.0. The van der Waals surface area contributed by atoms with Gasteiger partial charge in [-0.15, -0.1) is 11.3 Å². The number of anilines is 2. The predicted octanol–water partition coefficient (Wildman–Crippen LogP) is 1.18. The SMILES string of the molecule is C[n+]1noc([O-])c1C(=O)c1sc2nc(N)c(C#N)c(-c3ccsc3)c2c1N. The molecule has 4 aromatic heterocycles. The van der Waals surface area contributed by atoms with E-state index in [2.05, 4.69) is 20.8 Å². The molecule has 0 aliphatic rings. The number of fused-ring (bicyclic) bond motifs is 1. The molecule has 11 heteroatoms. The van der Waals surface area contributed by atoms with Crippen LogP contribution in [0.15, 0.2) is 21.3 Å². The van der Waals surface area contributed by atoms with Crippen molar-refractivity contribution in [3.8, 4) is 23.1 Å². The average molecular weight is 398 g/mol. The summed E-state index contributed by atoms with van der Waals surface area (Å²) in [4.78, 5) is 17.6. The highest BCUT2D eigenvalue weighted by atomic mass is 32.1. The molecule has 0 bridgehead atoms. The Labute approximate surface area is 159 Å². The molecular weight excluding hydrogens is 388 g/mol. The zero-order valence-corrected chi connectivity index (χ0v) is 15.3. The third-order valence-electron chi connectivity index (χ3n) is 4.01. The summed E-state index contributed by atoms with van der Waals surface area (Å²) in [6.07, 6.45) is 0. The molecule has 0 aliphatic heterocycles. The van der Waals surface area contributed by atoms with Crippen LogP contribution in [0.4, 0.5) is 11.5 Å². The molecule has 4 heterocycles. The van der Waals surface area contributed by atoms with Gasteiger partial charge in [0.15, 0.2) is 13.0 Å². The van der Waals surface area contributed by atoms with Crippen molar-refractivity contribution in [1.29, 1.82) is 5.26 Å². The number of aryl methyl sites for hydroxylation is 1. The van der Waals surface area contributed by atoms with Crippen LogP contribution in [0.5, 0.6) is 5.95 Å². The third kappa shape index (κ3) is 2.42. The van der Waals surface area contributed by atoms with Gasteiger partial charge in [0.2, 0.25) is 0 Å². The number of carbonyl (C=O) groups excluding carboxylic acids is 1. The molecule has 0 aromatic carbocycles. The van der Waals surface area contributed by atoms with Crippen molar-refractivity contribution in [3.05, 3.63) is 33.0 Å². The maximum absolute atomic E-state index is 12.9. The van der Waals surface area contributed by atoms with Gasteiger partial charge in [-0.05, 0) is 22.4 Å². The van der Waals surface area contributed by atoms with Crippen molar-refractivity contribution < 1.29 is 19.1 Å². The van der Waals surface area contributed by atoms with Gasteiger partial charge in [-0.2, -0.15) is 16.6 Å². The second-order valence-electron chi connectivity index (χ2n) is 5.56. The minimum Gasteiger partial charge on any atom is -0.539 e. The first-order chi connectivity index (χ1) is 12.9. The van der Waals surface area contributed by atoms with Crippen molar-refractivity contribution in [3.63, 3.8) is 0 Å². The lowest BCUT2D eigenvalue weighted by molar-refractivity contribution is -0.741. The normalized spacial score (nSPS) is 11.0. The molecule has 4 N–H and O–H groups in total. The summed E-state index contributed by atoms with van der Waals surface area (Å²) in [6, 6.07) is 3.89. The summed E-state index contributed by atoms with van der Waals surface area (Å²) < 4.78 is 5.57. The van der Waals surface area contributed by atoms with E-state index < -0.39 is 11.7 Å². The van der Waals surface area contributed by atoms with Crippen LogP contribution >= 0.6 is 22.7 Å². The van der Waals surface area contributed by atoms with Gasteiger partial charge in [-0.3, -0.25) is 4.79 Å². The van der Waals surface area contributed by atoms with Crippen LogP contribution in [-0.4, -0.2) is 16.0 Å². The topological polar surface area (TPSA) is 159 Å². The number of pyridine rings is 1. The number of rotatable bonds is 3. The molecule has 0 spiro atoms. The molecule has 27 heavy (non-hydrogen) atoms.